The molecule has 1 heterocycles. The van der Waals surface area contributed by atoms with Crippen LogP contribution in [0.15, 0.2) is 24.3 Å². The Morgan fingerprint density at radius 2 is 2.13 bits per heavy atom. The Morgan fingerprint density at radius 1 is 1.20 bits per heavy atom. The molecule has 2 aliphatic rings. The zero-order valence-electron chi connectivity index (χ0n) is 8.96. The number of benzene rings is 1. The van der Waals surface area contributed by atoms with Gasteiger partial charge >= 0.3 is 0 Å². The van der Waals surface area contributed by atoms with Crippen LogP contribution in [0.2, 0.25) is 0 Å². The fourth-order valence-corrected chi connectivity index (χ4v) is 4.27. The third-order valence-electron chi connectivity index (χ3n) is 3.51. The normalized spacial score (nSPS) is 30.1. The lowest BCUT2D eigenvalue weighted by molar-refractivity contribution is 0.405. The van der Waals surface area contributed by atoms with Gasteiger partial charge in [0.2, 0.25) is 0 Å². The second-order valence-electron chi connectivity index (χ2n) is 4.47. The van der Waals surface area contributed by atoms with E-state index < -0.39 is 0 Å². The van der Waals surface area contributed by atoms with Gasteiger partial charge in [-0.15, -0.1) is 11.8 Å². The van der Waals surface area contributed by atoms with Crippen LogP contribution in [-0.4, -0.2) is 12.3 Å². The van der Waals surface area contributed by atoms with E-state index in [4.69, 9.17) is 0 Å². The smallest absolute Gasteiger partial charge is 0.0904 e. The average Bonchev–Trinajstić information content (AvgIpc) is 2.31. The molecule has 1 aliphatic carbocycles. The Hall–Kier alpha value is -0.470. The van der Waals surface area contributed by atoms with E-state index in [1.807, 2.05) is 0 Å². The molecule has 15 heavy (non-hydrogen) atoms. The van der Waals surface area contributed by atoms with E-state index in [2.05, 4.69) is 41.3 Å². The number of hydrogen-bond acceptors (Lipinski definition) is 2. The van der Waals surface area contributed by atoms with Crippen molar-refractivity contribution in [1.82, 2.24) is 5.32 Å². The predicted molar refractivity (Wildman–Crippen MR) is 66.1 cm³/mol. The molecule has 0 amide bonds. The number of fused-ring (bicyclic) bond motifs is 2. The van der Waals surface area contributed by atoms with E-state index >= 15 is 0 Å². The van der Waals surface area contributed by atoms with E-state index in [0.29, 0.717) is 0 Å². The third kappa shape index (κ3) is 1.60. The lowest BCUT2D eigenvalue weighted by Crippen LogP contribution is -2.45. The van der Waals surface area contributed by atoms with E-state index in [1.54, 1.807) is 11.1 Å². The maximum Gasteiger partial charge on any atom is 0.0904 e. The molecule has 1 fully saturated rings. The highest BCUT2D eigenvalue weighted by Crippen LogP contribution is 2.45. The van der Waals surface area contributed by atoms with Crippen LogP contribution < -0.4 is 5.32 Å². The summed E-state index contributed by atoms with van der Waals surface area (Å²) in [5, 5.41) is 3.75. The molecule has 0 bridgehead atoms. The first-order valence-corrected chi connectivity index (χ1v) is 6.87. The minimum absolute atomic E-state index is 0.257. The van der Waals surface area contributed by atoms with Crippen molar-refractivity contribution in [2.75, 3.05) is 12.3 Å². The molecule has 0 aromatic heterocycles. The molecular weight excluding hydrogens is 202 g/mol. The molecule has 1 saturated heterocycles. The highest BCUT2D eigenvalue weighted by Gasteiger charge is 2.37. The van der Waals surface area contributed by atoms with Crippen molar-refractivity contribution >= 4 is 11.8 Å². The van der Waals surface area contributed by atoms with Crippen LogP contribution in [-0.2, 0) is 11.3 Å². The Morgan fingerprint density at radius 3 is 3.00 bits per heavy atom. The first-order valence-electron chi connectivity index (χ1n) is 5.88. The van der Waals surface area contributed by atoms with E-state index in [0.717, 1.165) is 0 Å². The summed E-state index contributed by atoms with van der Waals surface area (Å²) in [5.74, 6) is 1.31. The number of nitrogens with one attached hydrogen (secondary N) is 1. The molecule has 1 spiro atoms. The Bertz CT molecular complexity index is 355. The summed E-state index contributed by atoms with van der Waals surface area (Å²) in [7, 11) is 0. The van der Waals surface area contributed by atoms with Crippen molar-refractivity contribution in [3.63, 3.8) is 0 Å². The standard InChI is InChI=1S/C13H17NS/c1-2-7-12-11(5-1)6-3-8-13(12)14-9-4-10-15-13/h1-2,5,7,14H,3-4,6,8-10H2. The van der Waals surface area contributed by atoms with E-state index in [-0.39, 0.29) is 4.87 Å². The SMILES string of the molecule is c1ccc2c(c1)CCCC21NCCCS1. The molecule has 1 unspecified atom stereocenters. The Kier molecular flexibility index (Phi) is 2.49. The van der Waals surface area contributed by atoms with Gasteiger partial charge in [0.1, 0.15) is 0 Å². The zero-order chi connectivity index (χ0) is 10.1. The molecule has 1 atom stereocenters. The van der Waals surface area contributed by atoms with Crippen LogP contribution >= 0.6 is 11.8 Å². The first-order chi connectivity index (χ1) is 7.41. The van der Waals surface area contributed by atoms with Gasteiger partial charge in [-0.25, -0.2) is 0 Å². The Balaban J connectivity index is 2.04. The van der Waals surface area contributed by atoms with E-state index in [1.165, 1.54) is 38.0 Å². The van der Waals surface area contributed by atoms with Crippen LogP contribution in [0.4, 0.5) is 0 Å². The van der Waals surface area contributed by atoms with Crippen LogP contribution in [0.5, 0.6) is 0 Å². The third-order valence-corrected chi connectivity index (χ3v) is 5.06. The fraction of sp³-hybridized carbons (Fsp3) is 0.538. The fourth-order valence-electron chi connectivity index (χ4n) is 2.79. The number of thioether (sulfide) groups is 1. The minimum atomic E-state index is 0.257. The molecule has 1 aliphatic heterocycles. The lowest BCUT2D eigenvalue weighted by atomic mass is 9.87. The molecule has 80 valence electrons. The van der Waals surface area contributed by atoms with Gasteiger partial charge in [-0.3, -0.25) is 5.32 Å². The summed E-state index contributed by atoms with van der Waals surface area (Å²) < 4.78 is 0. The molecule has 3 rings (SSSR count). The van der Waals surface area contributed by atoms with Gasteiger partial charge in [0.25, 0.3) is 0 Å². The predicted octanol–water partition coefficient (Wildman–Crippen LogP) is 2.90. The maximum atomic E-state index is 3.75. The molecule has 1 aromatic rings. The summed E-state index contributed by atoms with van der Waals surface area (Å²) in [5.41, 5.74) is 3.12. The summed E-state index contributed by atoms with van der Waals surface area (Å²) in [6.07, 6.45) is 5.21. The van der Waals surface area contributed by atoms with Crippen molar-refractivity contribution in [3.8, 4) is 0 Å². The first kappa shape index (κ1) is 9.73. The second-order valence-corrected chi connectivity index (χ2v) is 5.86. The molecule has 0 saturated carbocycles. The van der Waals surface area contributed by atoms with Crippen molar-refractivity contribution in [2.24, 2.45) is 0 Å². The summed E-state index contributed by atoms with van der Waals surface area (Å²) in [4.78, 5) is 0.257. The summed E-state index contributed by atoms with van der Waals surface area (Å²) in [6, 6.07) is 8.97. The van der Waals surface area contributed by atoms with E-state index in [9.17, 15) is 0 Å². The highest BCUT2D eigenvalue weighted by molar-refractivity contribution is 8.00. The summed E-state index contributed by atoms with van der Waals surface area (Å²) in [6.45, 7) is 1.18. The second kappa shape index (κ2) is 3.84. The van der Waals surface area contributed by atoms with Crippen molar-refractivity contribution in [2.45, 2.75) is 30.6 Å². The van der Waals surface area contributed by atoms with Gasteiger partial charge in [0, 0.05) is 0 Å². The summed E-state index contributed by atoms with van der Waals surface area (Å²) >= 11 is 2.12. The Labute approximate surface area is 95.6 Å². The average molecular weight is 219 g/mol. The zero-order valence-corrected chi connectivity index (χ0v) is 9.78. The van der Waals surface area contributed by atoms with Gasteiger partial charge in [-0.2, -0.15) is 0 Å². The monoisotopic (exact) mass is 219 g/mol. The van der Waals surface area contributed by atoms with Crippen LogP contribution in [0.1, 0.15) is 30.4 Å². The minimum Gasteiger partial charge on any atom is -0.299 e. The number of rotatable bonds is 0. The quantitative estimate of drug-likeness (QED) is 0.720. The molecule has 1 aromatic carbocycles. The topological polar surface area (TPSA) is 12.0 Å². The largest absolute Gasteiger partial charge is 0.299 e. The maximum absolute atomic E-state index is 3.75. The molecule has 0 radical (unpaired) electrons. The number of hydrogen-bond donors (Lipinski definition) is 1. The molecule has 1 nitrogen and oxygen atoms in total. The van der Waals surface area contributed by atoms with Gasteiger partial charge in [-0.1, -0.05) is 24.3 Å². The molecule has 1 N–H and O–H groups in total. The number of aryl methyl sites for hydroxylation is 1. The van der Waals surface area contributed by atoms with Crippen molar-refractivity contribution < 1.29 is 0 Å². The van der Waals surface area contributed by atoms with Crippen LogP contribution in [0.25, 0.3) is 0 Å². The van der Waals surface area contributed by atoms with Gasteiger partial charge in [-0.05, 0) is 49.1 Å². The van der Waals surface area contributed by atoms with Gasteiger partial charge < -0.3 is 0 Å². The lowest BCUT2D eigenvalue weighted by Gasteiger charge is -2.42. The molecular formula is C13H17NS. The van der Waals surface area contributed by atoms with Crippen molar-refractivity contribution in [3.05, 3.63) is 35.4 Å². The highest BCUT2D eigenvalue weighted by atomic mass is 32.2. The molecule has 2 heteroatoms. The van der Waals surface area contributed by atoms with Gasteiger partial charge in [0.05, 0.1) is 4.87 Å². The van der Waals surface area contributed by atoms with Gasteiger partial charge in [0.15, 0.2) is 0 Å². The van der Waals surface area contributed by atoms with Crippen LogP contribution in [0.3, 0.4) is 0 Å². The van der Waals surface area contributed by atoms with Crippen molar-refractivity contribution in [1.29, 1.82) is 0 Å². The van der Waals surface area contributed by atoms with Crippen LogP contribution in [0, 0.1) is 0 Å².